The molecule has 11 heavy (non-hydrogen) atoms. The minimum absolute atomic E-state index is 0.643. The third-order valence-electron chi connectivity index (χ3n) is 1.14. The first kappa shape index (κ1) is 8.62. The second-order valence-electron chi connectivity index (χ2n) is 2.46. The lowest BCUT2D eigenvalue weighted by molar-refractivity contribution is 0.581. The molecule has 0 spiro atoms. The Morgan fingerprint density at radius 1 is 1.18 bits per heavy atom. The molecule has 0 fully saturated rings. The summed E-state index contributed by atoms with van der Waals surface area (Å²) in [5.41, 5.74) is 0. The molecule has 0 N–H and O–H groups in total. The quantitative estimate of drug-likeness (QED) is 0.644. The summed E-state index contributed by atoms with van der Waals surface area (Å²) in [5.74, 6) is 0.910. The van der Waals surface area contributed by atoms with Crippen LogP contribution in [0.5, 0.6) is 5.75 Å². The van der Waals surface area contributed by atoms with Crippen molar-refractivity contribution in [3.05, 3.63) is 29.3 Å². The van der Waals surface area contributed by atoms with Gasteiger partial charge in [0, 0.05) is 5.02 Å². The van der Waals surface area contributed by atoms with Crippen molar-refractivity contribution in [2.75, 3.05) is 0 Å². The molecule has 3 heteroatoms. The monoisotopic (exact) mass is 185 g/mol. The Kier molecular flexibility index (Phi) is 2.97. The average Bonchev–Trinajstić information content (AvgIpc) is 1.93. The zero-order valence-corrected chi connectivity index (χ0v) is 8.35. The van der Waals surface area contributed by atoms with Gasteiger partial charge in [0.1, 0.15) is 5.75 Å². The number of rotatable bonds is 2. The van der Waals surface area contributed by atoms with Crippen molar-refractivity contribution in [3.63, 3.8) is 0 Å². The van der Waals surface area contributed by atoms with Crippen LogP contribution in [0, 0.1) is 0 Å². The lowest BCUT2D eigenvalue weighted by atomic mass is 10.3. The summed E-state index contributed by atoms with van der Waals surface area (Å²) < 4.78 is 5.51. The Balaban J connectivity index is 2.66. The van der Waals surface area contributed by atoms with E-state index in [1.807, 2.05) is 24.3 Å². The molecule has 1 nitrogen and oxygen atoms in total. The molecule has 59 valence electrons. The SMILES string of the molecule is C[Si](C)Oc1ccc(Cl)cc1. The lowest BCUT2D eigenvalue weighted by Gasteiger charge is -2.06. The standard InChI is InChI=1S/C8H10ClOSi/c1-11(2)10-8-5-3-7(9)4-6-8/h3-6H,1-2H3. The van der Waals surface area contributed by atoms with Gasteiger partial charge in [-0.2, -0.15) is 0 Å². The minimum atomic E-state index is -0.643. The molecular formula is C8H10ClOSi. The summed E-state index contributed by atoms with van der Waals surface area (Å²) in [4.78, 5) is 0. The Morgan fingerprint density at radius 2 is 1.73 bits per heavy atom. The molecule has 1 aromatic rings. The number of hydrogen-bond donors (Lipinski definition) is 0. The van der Waals surface area contributed by atoms with Crippen molar-refractivity contribution in [1.82, 2.24) is 0 Å². The van der Waals surface area contributed by atoms with E-state index in [9.17, 15) is 0 Å². The fraction of sp³-hybridized carbons (Fsp3) is 0.250. The van der Waals surface area contributed by atoms with Gasteiger partial charge in [-0.05, 0) is 37.4 Å². The van der Waals surface area contributed by atoms with Crippen LogP contribution in [-0.4, -0.2) is 9.04 Å². The molecule has 0 heterocycles. The summed E-state index contributed by atoms with van der Waals surface area (Å²) in [7, 11) is -0.643. The van der Waals surface area contributed by atoms with E-state index in [1.54, 1.807) is 0 Å². The van der Waals surface area contributed by atoms with Gasteiger partial charge in [-0.1, -0.05) is 11.6 Å². The molecule has 1 radical (unpaired) electrons. The first-order chi connectivity index (χ1) is 5.18. The van der Waals surface area contributed by atoms with Crippen molar-refractivity contribution in [2.24, 2.45) is 0 Å². The molecule has 1 aromatic carbocycles. The van der Waals surface area contributed by atoms with E-state index in [0.717, 1.165) is 10.8 Å². The highest BCUT2D eigenvalue weighted by atomic mass is 35.5. The minimum Gasteiger partial charge on any atom is -0.543 e. The van der Waals surface area contributed by atoms with Crippen molar-refractivity contribution in [3.8, 4) is 5.75 Å². The molecule has 0 aliphatic heterocycles. The van der Waals surface area contributed by atoms with E-state index in [0.29, 0.717) is 0 Å². The smallest absolute Gasteiger partial charge is 0.274 e. The zero-order chi connectivity index (χ0) is 8.27. The fourth-order valence-corrected chi connectivity index (χ4v) is 1.47. The maximum atomic E-state index is 5.70. The maximum absolute atomic E-state index is 5.70. The Labute approximate surface area is 73.7 Å². The van der Waals surface area contributed by atoms with Gasteiger partial charge in [0.05, 0.1) is 0 Å². The molecule has 0 unspecified atom stereocenters. The average molecular weight is 186 g/mol. The molecule has 0 saturated heterocycles. The van der Waals surface area contributed by atoms with Gasteiger partial charge in [0.15, 0.2) is 0 Å². The topological polar surface area (TPSA) is 9.23 Å². The van der Waals surface area contributed by atoms with Crippen molar-refractivity contribution in [1.29, 1.82) is 0 Å². The summed E-state index contributed by atoms with van der Waals surface area (Å²) in [6.45, 7) is 4.19. The van der Waals surface area contributed by atoms with Crippen LogP contribution in [0.25, 0.3) is 0 Å². The largest absolute Gasteiger partial charge is 0.543 e. The Morgan fingerprint density at radius 3 is 2.18 bits per heavy atom. The summed E-state index contributed by atoms with van der Waals surface area (Å²) >= 11 is 5.70. The highest BCUT2D eigenvalue weighted by Gasteiger charge is 1.98. The predicted octanol–water partition coefficient (Wildman–Crippen LogP) is 2.97. The molecule has 1 rings (SSSR count). The van der Waals surface area contributed by atoms with E-state index in [-0.39, 0.29) is 0 Å². The van der Waals surface area contributed by atoms with E-state index in [4.69, 9.17) is 16.0 Å². The molecule has 0 saturated carbocycles. The molecular weight excluding hydrogens is 176 g/mol. The highest BCUT2D eigenvalue weighted by Crippen LogP contribution is 2.15. The normalized spacial score (nSPS) is 10.2. The number of hydrogen-bond acceptors (Lipinski definition) is 1. The van der Waals surface area contributed by atoms with Crippen LogP contribution in [0.2, 0.25) is 18.1 Å². The molecule has 0 aromatic heterocycles. The second-order valence-corrected chi connectivity index (χ2v) is 4.92. The van der Waals surface area contributed by atoms with Gasteiger partial charge in [-0.3, -0.25) is 0 Å². The predicted molar refractivity (Wildman–Crippen MR) is 49.6 cm³/mol. The van der Waals surface area contributed by atoms with Gasteiger partial charge in [0.2, 0.25) is 0 Å². The van der Waals surface area contributed by atoms with Crippen LogP contribution < -0.4 is 4.43 Å². The van der Waals surface area contributed by atoms with Crippen LogP contribution in [0.4, 0.5) is 0 Å². The Hall–Kier alpha value is -0.473. The summed E-state index contributed by atoms with van der Waals surface area (Å²) in [6.07, 6.45) is 0. The molecule has 0 amide bonds. The van der Waals surface area contributed by atoms with E-state index < -0.39 is 9.04 Å². The summed E-state index contributed by atoms with van der Waals surface area (Å²) in [5, 5.41) is 0.748. The van der Waals surface area contributed by atoms with Crippen LogP contribution in [0.3, 0.4) is 0 Å². The molecule has 0 aliphatic rings. The first-order valence-corrected chi connectivity index (χ1v) is 6.20. The highest BCUT2D eigenvalue weighted by molar-refractivity contribution is 6.49. The third kappa shape index (κ3) is 2.95. The van der Waals surface area contributed by atoms with E-state index >= 15 is 0 Å². The summed E-state index contributed by atoms with van der Waals surface area (Å²) in [6, 6.07) is 7.45. The van der Waals surface area contributed by atoms with E-state index in [2.05, 4.69) is 13.1 Å². The first-order valence-electron chi connectivity index (χ1n) is 3.42. The van der Waals surface area contributed by atoms with Crippen LogP contribution in [-0.2, 0) is 0 Å². The van der Waals surface area contributed by atoms with Gasteiger partial charge >= 0.3 is 0 Å². The fourth-order valence-electron chi connectivity index (χ4n) is 0.738. The lowest BCUT2D eigenvalue weighted by Crippen LogP contribution is -2.10. The van der Waals surface area contributed by atoms with Gasteiger partial charge < -0.3 is 4.43 Å². The van der Waals surface area contributed by atoms with Gasteiger partial charge in [0.25, 0.3) is 9.04 Å². The van der Waals surface area contributed by atoms with Crippen LogP contribution in [0.15, 0.2) is 24.3 Å². The van der Waals surface area contributed by atoms with Crippen LogP contribution >= 0.6 is 11.6 Å². The van der Waals surface area contributed by atoms with Crippen molar-refractivity contribution in [2.45, 2.75) is 13.1 Å². The third-order valence-corrected chi connectivity index (χ3v) is 2.03. The second kappa shape index (κ2) is 3.79. The van der Waals surface area contributed by atoms with Gasteiger partial charge in [-0.25, -0.2) is 0 Å². The number of benzene rings is 1. The van der Waals surface area contributed by atoms with Crippen LogP contribution in [0.1, 0.15) is 0 Å². The van der Waals surface area contributed by atoms with Crippen molar-refractivity contribution < 1.29 is 4.43 Å². The number of halogens is 1. The van der Waals surface area contributed by atoms with E-state index in [1.165, 1.54) is 0 Å². The molecule has 0 atom stereocenters. The zero-order valence-electron chi connectivity index (χ0n) is 6.60. The molecule has 0 aliphatic carbocycles. The maximum Gasteiger partial charge on any atom is 0.274 e. The molecule has 0 bridgehead atoms. The van der Waals surface area contributed by atoms with Crippen molar-refractivity contribution >= 4 is 20.6 Å². The van der Waals surface area contributed by atoms with Gasteiger partial charge in [-0.15, -0.1) is 0 Å². The Bertz CT molecular complexity index is 220.